The highest BCUT2D eigenvalue weighted by Gasteiger charge is 2.30. The first-order valence-electron chi connectivity index (χ1n) is 33.1. The monoisotopic (exact) mass is 1210 g/mol. The van der Waals surface area contributed by atoms with Crippen molar-refractivity contribution in [3.63, 3.8) is 0 Å². The zero-order valence-corrected chi connectivity index (χ0v) is 54.6. The lowest BCUT2D eigenvalue weighted by atomic mass is 10.00. The molecule has 7 atom stereocenters. The van der Waals surface area contributed by atoms with Gasteiger partial charge in [-0.1, -0.05) is 260 Å². The summed E-state index contributed by atoms with van der Waals surface area (Å²) in [6.07, 6.45) is 37.5. The van der Waals surface area contributed by atoms with Crippen LogP contribution in [0.2, 0.25) is 0 Å². The van der Waals surface area contributed by atoms with Crippen LogP contribution in [0.3, 0.4) is 0 Å². The van der Waals surface area contributed by atoms with E-state index < -0.39 is 97.5 Å². The van der Waals surface area contributed by atoms with Crippen molar-refractivity contribution in [1.82, 2.24) is 0 Å². The molecule has 3 N–H and O–H groups in total. The minimum Gasteiger partial charge on any atom is -0.462 e. The summed E-state index contributed by atoms with van der Waals surface area (Å²) in [5.41, 5.74) is 0. The Morgan fingerprint density at radius 1 is 0.341 bits per heavy atom. The SMILES string of the molecule is CCCCCCCCCCCCCC(=O)OC[C@H](COP(=O)(O)OC[C@@H](O)COP(=O)(O)OC[C@@H](COC(=O)CCCCCCCCC(C)CC)OC(=O)CCCCCCCCC(C)CC)OC(=O)CCCCCCCCCCCCC. The van der Waals surface area contributed by atoms with Crippen LogP contribution in [0.5, 0.6) is 0 Å². The minimum atomic E-state index is -4.94. The van der Waals surface area contributed by atoms with E-state index in [9.17, 15) is 43.2 Å². The van der Waals surface area contributed by atoms with Gasteiger partial charge in [0, 0.05) is 25.7 Å². The Balaban J connectivity index is 5.25. The third-order valence-corrected chi connectivity index (χ3v) is 17.1. The molecule has 17 nitrogen and oxygen atoms in total. The van der Waals surface area contributed by atoms with Gasteiger partial charge in [-0.05, 0) is 37.5 Å². The first kappa shape index (κ1) is 80.1. The fourth-order valence-electron chi connectivity index (χ4n) is 9.29. The first-order valence-corrected chi connectivity index (χ1v) is 36.1. The van der Waals surface area contributed by atoms with Gasteiger partial charge in [-0.25, -0.2) is 9.13 Å². The van der Waals surface area contributed by atoms with Crippen molar-refractivity contribution in [3.8, 4) is 0 Å². The molecule has 0 aliphatic rings. The zero-order valence-electron chi connectivity index (χ0n) is 52.8. The number of ether oxygens (including phenoxy) is 4. The molecule has 0 saturated heterocycles. The van der Waals surface area contributed by atoms with Gasteiger partial charge in [-0.2, -0.15) is 0 Å². The number of aliphatic hydroxyl groups excluding tert-OH is 1. The number of phosphoric ester groups is 2. The van der Waals surface area contributed by atoms with E-state index in [0.717, 1.165) is 108 Å². The second-order valence-electron chi connectivity index (χ2n) is 23.3. The molecule has 19 heteroatoms. The summed E-state index contributed by atoms with van der Waals surface area (Å²) >= 11 is 0. The smallest absolute Gasteiger partial charge is 0.462 e. The van der Waals surface area contributed by atoms with E-state index in [1.165, 1.54) is 122 Å². The summed E-state index contributed by atoms with van der Waals surface area (Å²) in [4.78, 5) is 72.1. The second-order valence-corrected chi connectivity index (χ2v) is 26.2. The molecule has 0 amide bonds. The van der Waals surface area contributed by atoms with Gasteiger partial charge in [0.15, 0.2) is 12.2 Å². The van der Waals surface area contributed by atoms with Gasteiger partial charge in [0.2, 0.25) is 0 Å². The van der Waals surface area contributed by atoms with Crippen molar-refractivity contribution < 1.29 is 80.2 Å². The molecule has 0 bridgehead atoms. The zero-order chi connectivity index (χ0) is 60.8. The van der Waals surface area contributed by atoms with Crippen molar-refractivity contribution in [1.29, 1.82) is 0 Å². The van der Waals surface area contributed by atoms with Gasteiger partial charge in [0.25, 0.3) is 0 Å². The van der Waals surface area contributed by atoms with Crippen LogP contribution in [0, 0.1) is 11.8 Å². The third-order valence-electron chi connectivity index (χ3n) is 15.2. The lowest BCUT2D eigenvalue weighted by Gasteiger charge is -2.21. The molecule has 0 rings (SSSR count). The van der Waals surface area contributed by atoms with Gasteiger partial charge in [-0.3, -0.25) is 37.3 Å². The molecular formula is C63H122O17P2. The highest BCUT2D eigenvalue weighted by atomic mass is 31.2. The molecule has 4 unspecified atom stereocenters. The number of carbonyl (C=O) groups excluding carboxylic acids is 4. The number of rotatable bonds is 62. The fourth-order valence-corrected chi connectivity index (χ4v) is 10.9. The number of phosphoric acid groups is 2. The van der Waals surface area contributed by atoms with Crippen LogP contribution in [-0.2, 0) is 65.4 Å². The van der Waals surface area contributed by atoms with E-state index in [2.05, 4.69) is 41.5 Å². The largest absolute Gasteiger partial charge is 0.472 e. The van der Waals surface area contributed by atoms with E-state index in [1.807, 2.05) is 0 Å². The lowest BCUT2D eigenvalue weighted by molar-refractivity contribution is -0.161. The fraction of sp³-hybridized carbons (Fsp3) is 0.937. The Morgan fingerprint density at radius 3 is 0.866 bits per heavy atom. The number of esters is 4. The molecule has 0 aliphatic carbocycles. The summed E-state index contributed by atoms with van der Waals surface area (Å²) < 4.78 is 67.9. The molecule has 0 aromatic carbocycles. The summed E-state index contributed by atoms with van der Waals surface area (Å²) in [6, 6.07) is 0. The Morgan fingerprint density at radius 2 is 0.585 bits per heavy atom. The highest BCUT2D eigenvalue weighted by Crippen LogP contribution is 2.45. The summed E-state index contributed by atoms with van der Waals surface area (Å²) in [5, 5.41) is 10.5. The van der Waals surface area contributed by atoms with Gasteiger partial charge in [0.05, 0.1) is 26.4 Å². The van der Waals surface area contributed by atoms with Crippen LogP contribution in [0.4, 0.5) is 0 Å². The van der Waals surface area contributed by atoms with E-state index in [-0.39, 0.29) is 25.7 Å². The second kappa shape index (κ2) is 55.6. The topological polar surface area (TPSA) is 237 Å². The molecule has 0 aliphatic heterocycles. The van der Waals surface area contributed by atoms with Crippen LogP contribution in [-0.4, -0.2) is 96.7 Å². The number of hydrogen-bond donors (Lipinski definition) is 3. The Labute approximate surface area is 498 Å². The van der Waals surface area contributed by atoms with Crippen molar-refractivity contribution in [3.05, 3.63) is 0 Å². The van der Waals surface area contributed by atoms with Crippen molar-refractivity contribution in [2.75, 3.05) is 39.6 Å². The lowest BCUT2D eigenvalue weighted by Crippen LogP contribution is -2.30. The normalized spacial score (nSPS) is 15.0. The average Bonchev–Trinajstić information content (AvgIpc) is 3.45. The highest BCUT2D eigenvalue weighted by molar-refractivity contribution is 7.47. The predicted molar refractivity (Wildman–Crippen MR) is 326 cm³/mol. The Bertz CT molecular complexity index is 1620. The summed E-state index contributed by atoms with van der Waals surface area (Å²) in [7, 11) is -9.88. The molecule has 0 spiro atoms. The number of hydrogen-bond acceptors (Lipinski definition) is 15. The maximum atomic E-state index is 13.0. The van der Waals surface area contributed by atoms with E-state index in [4.69, 9.17) is 37.0 Å². The standard InChI is InChI=1S/C63H122O17P2/c1-7-11-13-15-17-19-21-23-25-33-39-45-60(65)73-51-58(79-62(67)47-41-35-26-24-22-20-18-16-14-12-8-2)53-77-81(69,70)75-49-57(64)50-76-82(71,72)78-54-59(80-63(68)48-42-36-30-28-32-38-44-56(6)10-4)52-74-61(66)46-40-34-29-27-31-37-43-55(5)9-3/h55-59,64H,7-54H2,1-6H3,(H,69,70)(H,71,72)/t55?,56?,57-,58-,59-/m1/s1. The van der Waals surface area contributed by atoms with E-state index in [1.54, 1.807) is 0 Å². The molecule has 486 valence electrons. The molecule has 0 fully saturated rings. The maximum absolute atomic E-state index is 13.0. The van der Waals surface area contributed by atoms with Crippen LogP contribution in [0.15, 0.2) is 0 Å². The van der Waals surface area contributed by atoms with Gasteiger partial charge in [0.1, 0.15) is 19.3 Å². The summed E-state index contributed by atoms with van der Waals surface area (Å²) in [5.74, 6) is -0.686. The van der Waals surface area contributed by atoms with Gasteiger partial charge < -0.3 is 33.8 Å². The predicted octanol–water partition coefficient (Wildman–Crippen LogP) is 17.3. The molecule has 0 radical (unpaired) electrons. The minimum absolute atomic E-state index is 0.102. The number of unbranched alkanes of at least 4 members (excludes halogenated alkanes) is 30. The molecular weight excluding hydrogens is 1090 g/mol. The van der Waals surface area contributed by atoms with Crippen molar-refractivity contribution >= 4 is 39.5 Å². The van der Waals surface area contributed by atoms with Crippen LogP contribution in [0.1, 0.15) is 311 Å². The molecule has 82 heavy (non-hydrogen) atoms. The van der Waals surface area contributed by atoms with Crippen molar-refractivity contribution in [2.45, 2.75) is 330 Å². The molecule has 0 heterocycles. The molecule has 0 aromatic rings. The maximum Gasteiger partial charge on any atom is 0.472 e. The van der Waals surface area contributed by atoms with Gasteiger partial charge in [-0.15, -0.1) is 0 Å². The Kier molecular flexibility index (Phi) is 54.3. The molecule has 0 saturated carbocycles. The van der Waals surface area contributed by atoms with E-state index in [0.29, 0.717) is 25.7 Å². The van der Waals surface area contributed by atoms with Crippen LogP contribution in [0.25, 0.3) is 0 Å². The van der Waals surface area contributed by atoms with E-state index >= 15 is 0 Å². The van der Waals surface area contributed by atoms with Gasteiger partial charge >= 0.3 is 39.5 Å². The Hall–Kier alpha value is -1.94. The number of carbonyl (C=O) groups is 4. The average molecular weight is 1210 g/mol. The van der Waals surface area contributed by atoms with Crippen LogP contribution >= 0.6 is 15.6 Å². The number of aliphatic hydroxyl groups is 1. The summed E-state index contributed by atoms with van der Waals surface area (Å²) in [6.45, 7) is 9.39. The van der Waals surface area contributed by atoms with Crippen LogP contribution < -0.4 is 0 Å². The quantitative estimate of drug-likeness (QED) is 0.0222. The third kappa shape index (κ3) is 54.7. The first-order chi connectivity index (χ1) is 39.4. The molecule has 0 aromatic heterocycles. The van der Waals surface area contributed by atoms with Crippen molar-refractivity contribution in [2.24, 2.45) is 11.8 Å².